The molecule has 0 spiro atoms. The zero-order chi connectivity index (χ0) is 19.8. The lowest BCUT2D eigenvalue weighted by Gasteiger charge is -2.30. The minimum absolute atomic E-state index is 0.236. The summed E-state index contributed by atoms with van der Waals surface area (Å²) >= 11 is 0. The normalized spacial score (nSPS) is 18.2. The van der Waals surface area contributed by atoms with Crippen molar-refractivity contribution >= 4 is 11.5 Å². The van der Waals surface area contributed by atoms with E-state index in [2.05, 4.69) is 66.4 Å². The van der Waals surface area contributed by atoms with Gasteiger partial charge < -0.3 is 14.7 Å². The van der Waals surface area contributed by atoms with Crippen LogP contribution < -0.4 is 0 Å². The van der Waals surface area contributed by atoms with Gasteiger partial charge in [0.1, 0.15) is 0 Å². The molecule has 1 atom stereocenters. The van der Waals surface area contributed by atoms with E-state index >= 15 is 0 Å². The summed E-state index contributed by atoms with van der Waals surface area (Å²) < 4.78 is 5.87. The number of rotatable bonds is 8. The van der Waals surface area contributed by atoms with Crippen LogP contribution in [-0.4, -0.2) is 48.8 Å². The number of aliphatic carboxylic acids is 1. The summed E-state index contributed by atoms with van der Waals surface area (Å²) in [7, 11) is 0. The third-order valence-corrected chi connectivity index (χ3v) is 5.23. The average Bonchev–Trinajstić information content (AvgIpc) is 2.71. The van der Waals surface area contributed by atoms with Crippen LogP contribution in [0.15, 0.2) is 60.7 Å². The molecule has 1 saturated heterocycles. The Labute approximate surface area is 167 Å². The third-order valence-electron chi connectivity index (χ3n) is 5.23. The highest BCUT2D eigenvalue weighted by Gasteiger charge is 2.24. The third kappa shape index (κ3) is 5.78. The van der Waals surface area contributed by atoms with Crippen LogP contribution in [-0.2, 0) is 9.53 Å². The van der Waals surface area contributed by atoms with Gasteiger partial charge in [0.15, 0.2) is 0 Å². The van der Waals surface area contributed by atoms with E-state index in [1.165, 1.54) is 22.3 Å². The molecule has 1 fully saturated rings. The zero-order valence-corrected chi connectivity index (χ0v) is 16.5. The van der Waals surface area contributed by atoms with Crippen LogP contribution in [0.25, 0.3) is 5.57 Å². The van der Waals surface area contributed by atoms with Crippen LogP contribution in [0.1, 0.15) is 29.5 Å². The number of carbonyl (C=O) groups is 1. The van der Waals surface area contributed by atoms with E-state index < -0.39 is 5.97 Å². The summed E-state index contributed by atoms with van der Waals surface area (Å²) in [6.45, 7) is 5.62. The predicted molar refractivity (Wildman–Crippen MR) is 112 cm³/mol. The number of carboxylic acid groups (broad SMARTS) is 1. The number of carboxylic acids is 1. The number of hydrogen-bond donors (Lipinski definition) is 1. The van der Waals surface area contributed by atoms with E-state index in [9.17, 15) is 9.90 Å². The second-order valence-electron chi connectivity index (χ2n) is 7.41. The minimum atomic E-state index is -0.681. The number of aryl methyl sites for hydroxylation is 1. The summed E-state index contributed by atoms with van der Waals surface area (Å²) in [5.74, 6) is -0.918. The van der Waals surface area contributed by atoms with Crippen molar-refractivity contribution in [2.45, 2.75) is 19.8 Å². The number of ether oxygens (including phenoxy) is 1. The van der Waals surface area contributed by atoms with Crippen molar-refractivity contribution in [3.05, 3.63) is 77.4 Å². The molecule has 1 N–H and O–H groups in total. The van der Waals surface area contributed by atoms with Crippen LogP contribution in [0.3, 0.4) is 0 Å². The van der Waals surface area contributed by atoms with Gasteiger partial charge in [0.05, 0.1) is 19.1 Å². The maximum atomic E-state index is 11.2. The second kappa shape index (κ2) is 10.2. The lowest BCUT2D eigenvalue weighted by Crippen LogP contribution is -2.40. The molecule has 4 nitrogen and oxygen atoms in total. The van der Waals surface area contributed by atoms with Crippen molar-refractivity contribution in [2.75, 3.05) is 32.8 Å². The summed E-state index contributed by atoms with van der Waals surface area (Å²) in [6.07, 6.45) is 3.87. The Hall–Kier alpha value is -2.43. The maximum Gasteiger partial charge on any atom is 0.307 e. The van der Waals surface area contributed by atoms with Gasteiger partial charge >= 0.3 is 5.97 Å². The van der Waals surface area contributed by atoms with Crippen molar-refractivity contribution in [1.82, 2.24) is 4.90 Å². The lowest BCUT2D eigenvalue weighted by molar-refractivity contribution is -0.143. The summed E-state index contributed by atoms with van der Waals surface area (Å²) in [5, 5.41) is 9.20. The van der Waals surface area contributed by atoms with Crippen LogP contribution >= 0.6 is 0 Å². The summed E-state index contributed by atoms with van der Waals surface area (Å²) in [4.78, 5) is 13.4. The van der Waals surface area contributed by atoms with Crippen molar-refractivity contribution in [3.8, 4) is 0 Å². The Morgan fingerprint density at radius 2 is 1.96 bits per heavy atom. The fraction of sp³-hybridized carbons (Fsp3) is 0.375. The standard InChI is InChI=1S/C24H29NO3/c1-19-7-5-10-21(17-19)23(20-8-3-2-4-9-20)12-15-28-16-14-25-13-6-11-22(18-25)24(26)27/h2-5,7-10,12,17,22H,6,11,13-16,18H2,1H3,(H,26,27)/b23-12-. The summed E-state index contributed by atoms with van der Waals surface area (Å²) in [5.41, 5.74) is 4.78. The molecule has 2 aromatic rings. The van der Waals surface area contributed by atoms with Gasteiger partial charge in [-0.15, -0.1) is 0 Å². The molecule has 4 heteroatoms. The molecule has 1 aliphatic rings. The molecule has 0 amide bonds. The fourth-order valence-corrected chi connectivity index (χ4v) is 3.71. The van der Waals surface area contributed by atoms with Gasteiger partial charge in [-0.2, -0.15) is 0 Å². The topological polar surface area (TPSA) is 49.8 Å². The molecule has 0 radical (unpaired) electrons. The van der Waals surface area contributed by atoms with Gasteiger partial charge in [0.2, 0.25) is 0 Å². The fourth-order valence-electron chi connectivity index (χ4n) is 3.71. The Morgan fingerprint density at radius 1 is 1.18 bits per heavy atom. The van der Waals surface area contributed by atoms with Gasteiger partial charge in [-0.3, -0.25) is 4.79 Å². The highest BCUT2D eigenvalue weighted by atomic mass is 16.5. The molecule has 148 valence electrons. The number of likely N-dealkylation sites (tertiary alicyclic amines) is 1. The van der Waals surface area contributed by atoms with Gasteiger partial charge in [-0.05, 0) is 43.0 Å². The Kier molecular flexibility index (Phi) is 7.40. The molecule has 0 aromatic heterocycles. The van der Waals surface area contributed by atoms with Crippen molar-refractivity contribution in [1.29, 1.82) is 0 Å². The largest absolute Gasteiger partial charge is 0.481 e. The molecule has 0 saturated carbocycles. The minimum Gasteiger partial charge on any atom is -0.481 e. The van der Waals surface area contributed by atoms with E-state index in [0.717, 1.165) is 25.9 Å². The van der Waals surface area contributed by atoms with Crippen LogP contribution in [0.5, 0.6) is 0 Å². The molecule has 28 heavy (non-hydrogen) atoms. The second-order valence-corrected chi connectivity index (χ2v) is 7.41. The number of nitrogens with zero attached hydrogens (tertiary/aromatic N) is 1. The first-order valence-corrected chi connectivity index (χ1v) is 9.99. The average molecular weight is 380 g/mol. The van der Waals surface area contributed by atoms with Gasteiger partial charge in [-0.25, -0.2) is 0 Å². The van der Waals surface area contributed by atoms with Gasteiger partial charge in [0.25, 0.3) is 0 Å². The smallest absolute Gasteiger partial charge is 0.307 e. The lowest BCUT2D eigenvalue weighted by atomic mass is 9.96. The first-order chi connectivity index (χ1) is 13.6. The van der Waals surface area contributed by atoms with Gasteiger partial charge in [0, 0.05) is 13.1 Å². The van der Waals surface area contributed by atoms with E-state index in [1.54, 1.807) is 0 Å². The molecular weight excluding hydrogens is 350 g/mol. The SMILES string of the molecule is Cc1cccc(/C(=C\COCCN2CCCC(C(=O)O)C2)c2ccccc2)c1. The maximum absolute atomic E-state index is 11.2. The van der Waals surface area contributed by atoms with Crippen LogP contribution in [0, 0.1) is 12.8 Å². The first-order valence-electron chi connectivity index (χ1n) is 9.99. The molecule has 3 rings (SSSR count). The number of hydrogen-bond acceptors (Lipinski definition) is 3. The molecular formula is C24H29NO3. The van der Waals surface area contributed by atoms with Gasteiger partial charge in [-0.1, -0.05) is 66.2 Å². The molecule has 0 aliphatic carbocycles. The first kappa shape index (κ1) is 20.3. The Morgan fingerprint density at radius 3 is 2.71 bits per heavy atom. The van der Waals surface area contributed by atoms with Crippen LogP contribution in [0.2, 0.25) is 0 Å². The molecule has 2 aromatic carbocycles. The number of piperidine rings is 1. The monoisotopic (exact) mass is 379 g/mol. The Balaban J connectivity index is 1.57. The quantitative estimate of drug-likeness (QED) is 0.697. The van der Waals surface area contributed by atoms with Crippen molar-refractivity contribution in [2.24, 2.45) is 5.92 Å². The van der Waals surface area contributed by atoms with Crippen LogP contribution in [0.4, 0.5) is 0 Å². The predicted octanol–water partition coefficient (Wildman–Crippen LogP) is 4.24. The van der Waals surface area contributed by atoms with E-state index in [4.69, 9.17) is 4.74 Å². The molecule has 1 unspecified atom stereocenters. The van der Waals surface area contributed by atoms with E-state index in [0.29, 0.717) is 19.8 Å². The highest BCUT2D eigenvalue weighted by molar-refractivity contribution is 5.80. The molecule has 1 aliphatic heterocycles. The van der Waals surface area contributed by atoms with E-state index in [-0.39, 0.29) is 5.92 Å². The van der Waals surface area contributed by atoms with E-state index in [1.807, 2.05) is 6.07 Å². The molecule has 1 heterocycles. The highest BCUT2D eigenvalue weighted by Crippen LogP contribution is 2.24. The summed E-state index contributed by atoms with van der Waals surface area (Å²) in [6, 6.07) is 18.9. The van der Waals surface area contributed by atoms with Crippen molar-refractivity contribution in [3.63, 3.8) is 0 Å². The molecule has 0 bridgehead atoms. The zero-order valence-electron chi connectivity index (χ0n) is 16.5. The van der Waals surface area contributed by atoms with Crippen molar-refractivity contribution < 1.29 is 14.6 Å². The number of benzene rings is 2. The Bertz CT molecular complexity index is 801.